The van der Waals surface area contributed by atoms with Crippen LogP contribution in [0.5, 0.6) is 0 Å². The number of carbonyl (C=O) groups excluding carboxylic acids is 2. The summed E-state index contributed by atoms with van der Waals surface area (Å²) in [5.41, 5.74) is 2.27. The van der Waals surface area contributed by atoms with Gasteiger partial charge in [-0.25, -0.2) is 0 Å². The molecular formula is C21H15BrClN3O2S. The lowest BCUT2D eigenvalue weighted by atomic mass is 10.2. The summed E-state index contributed by atoms with van der Waals surface area (Å²) in [5.74, 6) is -0.553. The monoisotopic (exact) mass is 487 g/mol. The second kappa shape index (κ2) is 9.65. The Hall–Kier alpha value is -2.74. The molecule has 3 aromatic rings. The normalized spacial score (nSPS) is 10.1. The molecule has 8 heteroatoms. The Morgan fingerprint density at radius 3 is 2.14 bits per heavy atom. The zero-order valence-electron chi connectivity index (χ0n) is 14.9. The molecular weight excluding hydrogens is 474 g/mol. The van der Waals surface area contributed by atoms with Crippen molar-refractivity contribution < 1.29 is 9.59 Å². The van der Waals surface area contributed by atoms with E-state index in [1.54, 1.807) is 66.7 Å². The third-order valence-corrected chi connectivity index (χ3v) is 4.96. The number of rotatable bonds is 4. The number of thiocarbonyl (C=S) groups is 1. The van der Waals surface area contributed by atoms with Gasteiger partial charge in [0.15, 0.2) is 5.11 Å². The second-order valence-corrected chi connectivity index (χ2v) is 7.63. The van der Waals surface area contributed by atoms with Crippen molar-refractivity contribution in [3.63, 3.8) is 0 Å². The van der Waals surface area contributed by atoms with E-state index in [2.05, 4.69) is 31.9 Å². The maximum atomic E-state index is 12.3. The standard InChI is InChI=1S/C21H15BrClN3O2S/c22-17-12-16(10-11-18(17)25-19(27)13-4-2-1-3-5-13)24-21(29)26-20(28)14-6-8-15(23)9-7-14/h1-12H,(H,25,27)(H2,24,26,28,29). The zero-order chi connectivity index (χ0) is 20.8. The average Bonchev–Trinajstić information content (AvgIpc) is 2.71. The van der Waals surface area contributed by atoms with Gasteiger partial charge in [-0.1, -0.05) is 29.8 Å². The fraction of sp³-hybridized carbons (Fsp3) is 0. The van der Waals surface area contributed by atoms with E-state index in [1.807, 2.05) is 6.07 Å². The summed E-state index contributed by atoms with van der Waals surface area (Å²) in [6, 6.07) is 20.6. The molecule has 0 spiro atoms. The van der Waals surface area contributed by atoms with E-state index in [0.29, 0.717) is 32.0 Å². The third-order valence-electron chi connectivity index (χ3n) is 3.84. The van der Waals surface area contributed by atoms with Gasteiger partial charge in [-0.15, -0.1) is 0 Å². The maximum Gasteiger partial charge on any atom is 0.257 e. The highest BCUT2D eigenvalue weighted by molar-refractivity contribution is 9.10. The van der Waals surface area contributed by atoms with Gasteiger partial charge >= 0.3 is 0 Å². The van der Waals surface area contributed by atoms with Gasteiger partial charge in [0.2, 0.25) is 0 Å². The second-order valence-electron chi connectivity index (χ2n) is 5.93. The fourth-order valence-electron chi connectivity index (χ4n) is 2.42. The van der Waals surface area contributed by atoms with Gasteiger partial charge in [0.05, 0.1) is 5.69 Å². The summed E-state index contributed by atoms with van der Waals surface area (Å²) in [7, 11) is 0. The van der Waals surface area contributed by atoms with Crippen LogP contribution in [0.1, 0.15) is 20.7 Å². The Morgan fingerprint density at radius 1 is 0.828 bits per heavy atom. The molecule has 29 heavy (non-hydrogen) atoms. The quantitative estimate of drug-likeness (QED) is 0.425. The van der Waals surface area contributed by atoms with Gasteiger partial charge in [-0.05, 0) is 82.7 Å². The summed E-state index contributed by atoms with van der Waals surface area (Å²) < 4.78 is 0.665. The number of benzene rings is 3. The third kappa shape index (κ3) is 5.87. The van der Waals surface area contributed by atoms with Crippen LogP contribution in [0.2, 0.25) is 5.02 Å². The lowest BCUT2D eigenvalue weighted by Crippen LogP contribution is -2.34. The first kappa shape index (κ1) is 21.0. The van der Waals surface area contributed by atoms with E-state index in [9.17, 15) is 9.59 Å². The first-order chi connectivity index (χ1) is 13.9. The van der Waals surface area contributed by atoms with Crippen molar-refractivity contribution in [1.82, 2.24) is 5.32 Å². The first-order valence-electron chi connectivity index (χ1n) is 8.46. The van der Waals surface area contributed by atoms with E-state index in [1.165, 1.54) is 0 Å². The Bertz CT molecular complexity index is 1060. The van der Waals surface area contributed by atoms with Crippen LogP contribution in [0.3, 0.4) is 0 Å². The van der Waals surface area contributed by atoms with Crippen molar-refractivity contribution in [3.8, 4) is 0 Å². The molecule has 0 aliphatic rings. The van der Waals surface area contributed by atoms with Crippen LogP contribution >= 0.6 is 39.7 Å². The lowest BCUT2D eigenvalue weighted by Gasteiger charge is -2.12. The van der Waals surface area contributed by atoms with E-state index in [4.69, 9.17) is 23.8 Å². The number of hydrogen-bond acceptors (Lipinski definition) is 3. The molecule has 0 fully saturated rings. The molecule has 2 amide bonds. The van der Waals surface area contributed by atoms with Gasteiger partial charge < -0.3 is 10.6 Å². The van der Waals surface area contributed by atoms with E-state index < -0.39 is 0 Å². The molecule has 146 valence electrons. The number of nitrogens with one attached hydrogen (secondary N) is 3. The highest BCUT2D eigenvalue weighted by Crippen LogP contribution is 2.26. The van der Waals surface area contributed by atoms with Gasteiger partial charge in [0.25, 0.3) is 11.8 Å². The van der Waals surface area contributed by atoms with E-state index >= 15 is 0 Å². The lowest BCUT2D eigenvalue weighted by molar-refractivity contribution is 0.0976. The number of amides is 2. The van der Waals surface area contributed by atoms with Crippen LogP contribution in [0, 0.1) is 0 Å². The van der Waals surface area contributed by atoms with E-state index in [0.717, 1.165) is 0 Å². The summed E-state index contributed by atoms with van der Waals surface area (Å²) in [4.78, 5) is 24.5. The number of carbonyl (C=O) groups is 2. The Morgan fingerprint density at radius 2 is 1.48 bits per heavy atom. The minimum atomic E-state index is -0.343. The van der Waals surface area contributed by atoms with Crippen LogP contribution in [0.25, 0.3) is 0 Å². The van der Waals surface area contributed by atoms with Gasteiger partial charge in [-0.3, -0.25) is 14.9 Å². The topological polar surface area (TPSA) is 70.2 Å². The Kier molecular flexibility index (Phi) is 6.98. The maximum absolute atomic E-state index is 12.3. The molecule has 0 aliphatic carbocycles. The Labute approximate surface area is 186 Å². The predicted molar refractivity (Wildman–Crippen MR) is 124 cm³/mol. The van der Waals surface area contributed by atoms with Gasteiger partial charge in [0, 0.05) is 26.3 Å². The molecule has 3 N–H and O–H groups in total. The molecule has 5 nitrogen and oxygen atoms in total. The molecule has 0 aliphatic heterocycles. The van der Waals surface area contributed by atoms with Gasteiger partial charge in [0.1, 0.15) is 0 Å². The van der Waals surface area contributed by atoms with E-state index in [-0.39, 0.29) is 16.9 Å². The SMILES string of the molecule is O=C(NC(=S)Nc1ccc(NC(=O)c2ccccc2)c(Br)c1)c1ccc(Cl)cc1. The van der Waals surface area contributed by atoms with Crippen LogP contribution in [0.4, 0.5) is 11.4 Å². The van der Waals surface area contributed by atoms with Crippen molar-refractivity contribution >= 4 is 68.1 Å². The predicted octanol–water partition coefficient (Wildman–Crippen LogP) is 5.48. The van der Waals surface area contributed by atoms with Crippen LogP contribution in [0.15, 0.2) is 77.3 Å². The molecule has 0 saturated carbocycles. The van der Waals surface area contributed by atoms with Crippen LogP contribution < -0.4 is 16.0 Å². The smallest absolute Gasteiger partial charge is 0.257 e. The molecule has 0 bridgehead atoms. The molecule has 0 atom stereocenters. The van der Waals surface area contributed by atoms with Crippen molar-refractivity contribution in [3.05, 3.63) is 93.4 Å². The highest BCUT2D eigenvalue weighted by atomic mass is 79.9. The fourth-order valence-corrected chi connectivity index (χ4v) is 3.23. The average molecular weight is 489 g/mol. The summed E-state index contributed by atoms with van der Waals surface area (Å²) in [6.45, 7) is 0. The van der Waals surface area contributed by atoms with Crippen molar-refractivity contribution in [2.24, 2.45) is 0 Å². The molecule has 3 aromatic carbocycles. The molecule has 0 heterocycles. The number of halogens is 2. The zero-order valence-corrected chi connectivity index (χ0v) is 18.1. The van der Waals surface area contributed by atoms with Crippen molar-refractivity contribution in [2.45, 2.75) is 0 Å². The molecule has 0 saturated heterocycles. The number of hydrogen-bond donors (Lipinski definition) is 3. The van der Waals surface area contributed by atoms with Crippen LogP contribution in [-0.2, 0) is 0 Å². The largest absolute Gasteiger partial charge is 0.332 e. The van der Waals surface area contributed by atoms with Crippen LogP contribution in [-0.4, -0.2) is 16.9 Å². The highest BCUT2D eigenvalue weighted by Gasteiger charge is 2.11. The minimum Gasteiger partial charge on any atom is -0.332 e. The van der Waals surface area contributed by atoms with Gasteiger partial charge in [-0.2, -0.15) is 0 Å². The van der Waals surface area contributed by atoms with Crippen molar-refractivity contribution in [1.29, 1.82) is 0 Å². The van der Waals surface area contributed by atoms with Crippen molar-refractivity contribution in [2.75, 3.05) is 10.6 Å². The summed E-state index contributed by atoms with van der Waals surface area (Å²) in [6.07, 6.45) is 0. The molecule has 0 unspecified atom stereocenters. The summed E-state index contributed by atoms with van der Waals surface area (Å²) >= 11 is 14.5. The number of anilines is 2. The molecule has 0 aromatic heterocycles. The Balaban J connectivity index is 1.61. The first-order valence-corrected chi connectivity index (χ1v) is 10.0. The molecule has 3 rings (SSSR count). The summed E-state index contributed by atoms with van der Waals surface area (Å²) in [5, 5.41) is 9.08. The minimum absolute atomic E-state index is 0.151. The molecule has 0 radical (unpaired) electrons.